The van der Waals surface area contributed by atoms with E-state index in [0.717, 1.165) is 23.3 Å². The maximum absolute atomic E-state index is 4.75. The molecule has 0 radical (unpaired) electrons. The predicted octanol–water partition coefficient (Wildman–Crippen LogP) is 3.50. The molecule has 18 heavy (non-hydrogen) atoms. The molecule has 0 spiro atoms. The van der Waals surface area contributed by atoms with Gasteiger partial charge in [0.25, 0.3) is 0 Å². The van der Waals surface area contributed by atoms with Crippen molar-refractivity contribution in [3.63, 3.8) is 0 Å². The van der Waals surface area contributed by atoms with Crippen molar-refractivity contribution in [1.29, 1.82) is 0 Å². The molecule has 90 valence electrons. The highest BCUT2D eigenvalue weighted by Crippen LogP contribution is 2.26. The summed E-state index contributed by atoms with van der Waals surface area (Å²) in [5.74, 6) is 0.289. The van der Waals surface area contributed by atoms with E-state index in [-0.39, 0.29) is 5.92 Å². The van der Waals surface area contributed by atoms with Crippen LogP contribution in [0, 0.1) is 0 Å². The molecular weight excluding hydrogens is 222 g/mol. The van der Waals surface area contributed by atoms with Crippen molar-refractivity contribution < 1.29 is 0 Å². The molecule has 0 saturated carbocycles. The van der Waals surface area contributed by atoms with Crippen molar-refractivity contribution >= 4 is 10.9 Å². The first-order chi connectivity index (χ1) is 8.88. The highest BCUT2D eigenvalue weighted by atomic mass is 14.9. The number of para-hydroxylation sites is 1. The zero-order valence-corrected chi connectivity index (χ0v) is 10.3. The third-order valence-corrected chi connectivity index (χ3v) is 3.28. The van der Waals surface area contributed by atoms with Crippen LogP contribution >= 0.6 is 0 Å². The lowest BCUT2D eigenvalue weighted by Gasteiger charge is -2.13. The average Bonchev–Trinajstić information content (AvgIpc) is 2.93. The second kappa shape index (κ2) is 4.61. The molecule has 0 aliphatic heterocycles. The van der Waals surface area contributed by atoms with Crippen LogP contribution in [0.1, 0.15) is 30.7 Å². The molecular formula is C15H15N3. The first-order valence-electron chi connectivity index (χ1n) is 6.22. The first kappa shape index (κ1) is 11.0. The summed E-state index contributed by atoms with van der Waals surface area (Å²) in [5, 5.41) is 1.18. The lowest BCUT2D eigenvalue weighted by molar-refractivity contribution is 0.733. The van der Waals surface area contributed by atoms with Crippen LogP contribution in [0.4, 0.5) is 0 Å². The van der Waals surface area contributed by atoms with E-state index in [4.69, 9.17) is 4.98 Å². The topological polar surface area (TPSA) is 41.6 Å². The van der Waals surface area contributed by atoms with Crippen LogP contribution < -0.4 is 0 Å². The molecule has 0 aliphatic carbocycles. The van der Waals surface area contributed by atoms with Crippen LogP contribution in [0.25, 0.3) is 10.9 Å². The minimum atomic E-state index is 0.289. The summed E-state index contributed by atoms with van der Waals surface area (Å²) in [6, 6.07) is 12.4. The number of pyridine rings is 1. The van der Waals surface area contributed by atoms with Crippen LogP contribution in [0.2, 0.25) is 0 Å². The van der Waals surface area contributed by atoms with Crippen molar-refractivity contribution in [3.05, 3.63) is 60.3 Å². The van der Waals surface area contributed by atoms with Crippen molar-refractivity contribution in [1.82, 2.24) is 15.0 Å². The Hall–Kier alpha value is -2.16. The summed E-state index contributed by atoms with van der Waals surface area (Å²) in [6.45, 7) is 2.17. The molecule has 0 aliphatic rings. The van der Waals surface area contributed by atoms with Crippen LogP contribution in [0.15, 0.2) is 48.9 Å². The third kappa shape index (κ3) is 1.88. The van der Waals surface area contributed by atoms with E-state index >= 15 is 0 Å². The molecule has 3 nitrogen and oxygen atoms in total. The number of H-pyrrole nitrogens is 1. The van der Waals surface area contributed by atoms with Crippen LogP contribution in [-0.2, 0) is 0 Å². The van der Waals surface area contributed by atoms with Gasteiger partial charge in [0.2, 0.25) is 0 Å². The summed E-state index contributed by atoms with van der Waals surface area (Å²) >= 11 is 0. The molecule has 1 unspecified atom stereocenters. The Bertz CT molecular complexity index is 644. The van der Waals surface area contributed by atoms with Gasteiger partial charge in [-0.05, 0) is 18.6 Å². The highest BCUT2D eigenvalue weighted by Gasteiger charge is 2.14. The van der Waals surface area contributed by atoms with Gasteiger partial charge in [0.1, 0.15) is 0 Å². The first-order valence-corrected chi connectivity index (χ1v) is 6.22. The smallest absolute Gasteiger partial charge is 0.0921 e. The number of nitrogens with one attached hydrogen (secondary N) is 1. The van der Waals surface area contributed by atoms with Gasteiger partial charge in [-0.25, -0.2) is 4.98 Å². The van der Waals surface area contributed by atoms with Gasteiger partial charge in [-0.2, -0.15) is 0 Å². The van der Waals surface area contributed by atoms with Gasteiger partial charge in [-0.3, -0.25) is 4.98 Å². The van der Waals surface area contributed by atoms with Gasteiger partial charge in [0.15, 0.2) is 0 Å². The van der Waals surface area contributed by atoms with Gasteiger partial charge in [-0.15, -0.1) is 0 Å². The largest absolute Gasteiger partial charge is 0.348 e. The average molecular weight is 237 g/mol. The van der Waals surface area contributed by atoms with Crippen LogP contribution in [-0.4, -0.2) is 15.0 Å². The fourth-order valence-electron chi connectivity index (χ4n) is 2.32. The molecule has 1 atom stereocenters. The molecule has 0 bridgehead atoms. The molecule has 3 aromatic rings. The fraction of sp³-hybridized carbons (Fsp3) is 0.200. The number of hydrogen-bond donors (Lipinski definition) is 1. The second-order valence-corrected chi connectivity index (χ2v) is 4.40. The number of rotatable bonds is 3. The van der Waals surface area contributed by atoms with E-state index in [1.54, 1.807) is 6.33 Å². The lowest BCUT2D eigenvalue weighted by Crippen LogP contribution is -2.02. The van der Waals surface area contributed by atoms with Crippen LogP contribution in [0.3, 0.4) is 0 Å². The summed E-state index contributed by atoms with van der Waals surface area (Å²) in [6.07, 6.45) is 4.61. The molecule has 1 N–H and O–H groups in total. The van der Waals surface area contributed by atoms with E-state index in [1.165, 1.54) is 5.39 Å². The number of aromatic nitrogens is 3. The second-order valence-electron chi connectivity index (χ2n) is 4.40. The molecule has 3 rings (SSSR count). The van der Waals surface area contributed by atoms with E-state index in [0.29, 0.717) is 0 Å². The maximum atomic E-state index is 4.75. The van der Waals surface area contributed by atoms with Gasteiger partial charge >= 0.3 is 0 Å². The molecule has 1 aromatic carbocycles. The van der Waals surface area contributed by atoms with Crippen molar-refractivity contribution in [2.24, 2.45) is 0 Å². The third-order valence-electron chi connectivity index (χ3n) is 3.28. The fourth-order valence-corrected chi connectivity index (χ4v) is 2.32. The molecule has 0 amide bonds. The number of fused-ring (bicyclic) bond motifs is 1. The molecule has 2 heterocycles. The summed E-state index contributed by atoms with van der Waals surface area (Å²) in [4.78, 5) is 12.0. The van der Waals surface area contributed by atoms with Gasteiger partial charge < -0.3 is 4.98 Å². The van der Waals surface area contributed by atoms with E-state index in [9.17, 15) is 0 Å². The molecule has 2 aromatic heterocycles. The Kier molecular flexibility index (Phi) is 2.81. The quantitative estimate of drug-likeness (QED) is 0.757. The zero-order valence-electron chi connectivity index (χ0n) is 10.3. The molecule has 0 fully saturated rings. The minimum Gasteiger partial charge on any atom is -0.348 e. The molecule has 0 saturated heterocycles. The summed E-state index contributed by atoms with van der Waals surface area (Å²) < 4.78 is 0. The highest BCUT2D eigenvalue weighted by molar-refractivity contribution is 5.78. The SMILES string of the molecule is CCC(c1ccc2ccccc2n1)c1cnc[nH]1. The Morgan fingerprint density at radius 3 is 2.83 bits per heavy atom. The van der Waals surface area contributed by atoms with E-state index in [2.05, 4.69) is 41.2 Å². The number of benzene rings is 1. The van der Waals surface area contributed by atoms with E-state index in [1.807, 2.05) is 18.3 Å². The summed E-state index contributed by atoms with van der Waals surface area (Å²) in [7, 11) is 0. The Morgan fingerprint density at radius 1 is 1.17 bits per heavy atom. The zero-order chi connectivity index (χ0) is 12.4. The minimum absolute atomic E-state index is 0.289. The standard InChI is InChI=1S/C15H15N3/c1-2-12(15-9-16-10-17-15)14-8-7-11-5-3-4-6-13(11)18-14/h3-10,12H,2H2,1H3,(H,16,17). The van der Waals surface area contributed by atoms with Crippen molar-refractivity contribution in [3.8, 4) is 0 Å². The molecule has 3 heteroatoms. The number of imidazole rings is 1. The monoisotopic (exact) mass is 237 g/mol. The Labute approximate surface area is 106 Å². The maximum Gasteiger partial charge on any atom is 0.0921 e. The number of aromatic amines is 1. The van der Waals surface area contributed by atoms with Gasteiger partial charge in [0, 0.05) is 23.2 Å². The lowest BCUT2D eigenvalue weighted by atomic mass is 9.98. The summed E-state index contributed by atoms with van der Waals surface area (Å²) in [5.41, 5.74) is 3.27. The van der Waals surface area contributed by atoms with E-state index < -0.39 is 0 Å². The number of nitrogens with zero attached hydrogens (tertiary/aromatic N) is 2. The Balaban J connectivity index is 2.07. The van der Waals surface area contributed by atoms with Crippen molar-refractivity contribution in [2.45, 2.75) is 19.3 Å². The predicted molar refractivity (Wildman–Crippen MR) is 72.5 cm³/mol. The normalized spacial score (nSPS) is 12.7. The number of hydrogen-bond acceptors (Lipinski definition) is 2. The van der Waals surface area contributed by atoms with Crippen molar-refractivity contribution in [2.75, 3.05) is 0 Å². The van der Waals surface area contributed by atoms with Gasteiger partial charge in [0.05, 0.1) is 17.5 Å². The van der Waals surface area contributed by atoms with Crippen LogP contribution in [0.5, 0.6) is 0 Å². The Morgan fingerprint density at radius 2 is 2.06 bits per heavy atom. The van der Waals surface area contributed by atoms with Gasteiger partial charge in [-0.1, -0.05) is 31.2 Å².